The van der Waals surface area contributed by atoms with Crippen molar-refractivity contribution in [3.63, 3.8) is 0 Å². The number of hydrogen-bond acceptors (Lipinski definition) is 3. The monoisotopic (exact) mass is 271 g/mol. The van der Waals surface area contributed by atoms with Gasteiger partial charge in [-0.15, -0.1) is 0 Å². The van der Waals surface area contributed by atoms with Crippen LogP contribution in [-0.4, -0.2) is 47.5 Å². The van der Waals surface area contributed by atoms with Crippen molar-refractivity contribution in [2.75, 3.05) is 19.6 Å². The van der Waals surface area contributed by atoms with Crippen molar-refractivity contribution in [3.05, 3.63) is 0 Å². The van der Waals surface area contributed by atoms with Gasteiger partial charge < -0.3 is 21.1 Å². The van der Waals surface area contributed by atoms with Crippen molar-refractivity contribution in [2.24, 2.45) is 17.1 Å². The molecule has 1 atom stereocenters. The van der Waals surface area contributed by atoms with E-state index < -0.39 is 23.2 Å². The molecule has 7 nitrogen and oxygen atoms in total. The van der Waals surface area contributed by atoms with Crippen LogP contribution < -0.4 is 11.1 Å². The van der Waals surface area contributed by atoms with Crippen molar-refractivity contribution in [1.82, 2.24) is 10.2 Å². The summed E-state index contributed by atoms with van der Waals surface area (Å²) in [4.78, 5) is 35.4. The van der Waals surface area contributed by atoms with E-state index in [-0.39, 0.29) is 19.1 Å². The molecule has 1 saturated heterocycles. The van der Waals surface area contributed by atoms with Crippen molar-refractivity contribution >= 4 is 17.9 Å². The van der Waals surface area contributed by atoms with Gasteiger partial charge in [0.15, 0.2) is 0 Å². The second kappa shape index (κ2) is 5.90. The van der Waals surface area contributed by atoms with Gasteiger partial charge in [-0.3, -0.25) is 9.59 Å². The van der Waals surface area contributed by atoms with Gasteiger partial charge in [0.1, 0.15) is 0 Å². The first-order chi connectivity index (χ1) is 8.74. The summed E-state index contributed by atoms with van der Waals surface area (Å²) in [6, 6.07) is -0.347. The van der Waals surface area contributed by atoms with Crippen LogP contribution in [0.15, 0.2) is 0 Å². The minimum atomic E-state index is -0.880. The molecule has 1 aliphatic heterocycles. The summed E-state index contributed by atoms with van der Waals surface area (Å²) in [5.74, 6) is -1.88. The van der Waals surface area contributed by atoms with Crippen LogP contribution in [0.25, 0.3) is 0 Å². The molecule has 3 amide bonds. The topological polar surface area (TPSA) is 113 Å². The first-order valence-electron chi connectivity index (χ1n) is 6.29. The molecule has 0 radical (unpaired) electrons. The van der Waals surface area contributed by atoms with Gasteiger partial charge in [0.2, 0.25) is 5.91 Å². The fourth-order valence-electron chi connectivity index (χ4n) is 1.86. The molecule has 0 aromatic rings. The molecular weight excluding hydrogens is 250 g/mol. The molecule has 0 unspecified atom stereocenters. The van der Waals surface area contributed by atoms with Crippen molar-refractivity contribution < 1.29 is 19.5 Å². The molecule has 0 saturated carbocycles. The molecule has 1 heterocycles. The molecule has 1 fully saturated rings. The lowest BCUT2D eigenvalue weighted by atomic mass is 9.93. The van der Waals surface area contributed by atoms with Gasteiger partial charge in [0.25, 0.3) is 0 Å². The van der Waals surface area contributed by atoms with Crippen molar-refractivity contribution in [2.45, 2.75) is 26.7 Å². The maximum atomic E-state index is 11.9. The highest BCUT2D eigenvalue weighted by Gasteiger charge is 2.30. The predicted molar refractivity (Wildman–Crippen MR) is 68.3 cm³/mol. The van der Waals surface area contributed by atoms with Crippen molar-refractivity contribution in [1.29, 1.82) is 0 Å². The predicted octanol–water partition coefficient (Wildman–Crippen LogP) is 0.00410. The van der Waals surface area contributed by atoms with E-state index in [2.05, 4.69) is 5.32 Å². The first-order valence-corrected chi connectivity index (χ1v) is 6.29. The second-order valence-electron chi connectivity index (χ2n) is 5.53. The summed E-state index contributed by atoms with van der Waals surface area (Å²) in [5, 5.41) is 11.6. The quantitative estimate of drug-likeness (QED) is 0.668. The van der Waals surface area contributed by atoms with Crippen LogP contribution in [0.4, 0.5) is 4.79 Å². The number of carboxylic acid groups (broad SMARTS) is 1. The number of nitrogens with one attached hydrogen (secondary N) is 1. The van der Waals surface area contributed by atoms with E-state index in [4.69, 9.17) is 10.8 Å². The van der Waals surface area contributed by atoms with Gasteiger partial charge in [-0.2, -0.15) is 0 Å². The Morgan fingerprint density at radius 1 is 1.42 bits per heavy atom. The summed E-state index contributed by atoms with van der Waals surface area (Å²) in [5.41, 5.74) is 4.39. The van der Waals surface area contributed by atoms with Crippen LogP contribution in [-0.2, 0) is 9.59 Å². The number of nitrogens with two attached hydrogens (primary N) is 1. The fourth-order valence-corrected chi connectivity index (χ4v) is 1.86. The average molecular weight is 271 g/mol. The number of likely N-dealkylation sites (tertiary alicyclic amines) is 1. The third-order valence-electron chi connectivity index (χ3n) is 3.41. The van der Waals surface area contributed by atoms with Crippen LogP contribution in [0.2, 0.25) is 0 Å². The Kier molecular flexibility index (Phi) is 4.74. The van der Waals surface area contributed by atoms with Crippen LogP contribution >= 0.6 is 0 Å². The zero-order valence-corrected chi connectivity index (χ0v) is 11.3. The summed E-state index contributed by atoms with van der Waals surface area (Å²) in [6.45, 7) is 4.16. The minimum Gasteiger partial charge on any atom is -0.481 e. The van der Waals surface area contributed by atoms with E-state index in [1.807, 2.05) is 0 Å². The lowest BCUT2D eigenvalue weighted by molar-refractivity contribution is -0.143. The third kappa shape index (κ3) is 4.11. The first kappa shape index (κ1) is 15.3. The Morgan fingerprint density at radius 3 is 2.58 bits per heavy atom. The number of rotatable bonds is 4. The van der Waals surface area contributed by atoms with E-state index in [1.54, 1.807) is 13.8 Å². The SMILES string of the molecule is CC(C)(CNC(=O)N1CCC[C@@H](C(=O)O)C1)C(N)=O. The van der Waals surface area contributed by atoms with E-state index in [0.717, 1.165) is 0 Å². The summed E-state index contributed by atoms with van der Waals surface area (Å²) in [6.07, 6.45) is 1.26. The van der Waals surface area contributed by atoms with Crippen LogP contribution in [0.1, 0.15) is 26.7 Å². The molecule has 7 heteroatoms. The number of amides is 3. The fraction of sp³-hybridized carbons (Fsp3) is 0.750. The molecule has 0 aromatic carbocycles. The number of carbonyl (C=O) groups is 3. The summed E-state index contributed by atoms with van der Waals surface area (Å²) in [7, 11) is 0. The molecule has 108 valence electrons. The number of hydrogen-bond donors (Lipinski definition) is 3. The number of piperidine rings is 1. The standard InChI is InChI=1S/C12H21N3O4/c1-12(2,10(13)18)7-14-11(19)15-5-3-4-8(6-15)9(16)17/h8H,3-7H2,1-2H3,(H2,13,18)(H,14,19)(H,16,17)/t8-/m1/s1. The number of carboxylic acids is 1. The van der Waals surface area contributed by atoms with E-state index in [9.17, 15) is 14.4 Å². The van der Waals surface area contributed by atoms with Crippen LogP contribution in [0.5, 0.6) is 0 Å². The molecule has 4 N–H and O–H groups in total. The van der Waals surface area contributed by atoms with Crippen LogP contribution in [0, 0.1) is 11.3 Å². The van der Waals surface area contributed by atoms with Crippen LogP contribution in [0.3, 0.4) is 0 Å². The lowest BCUT2D eigenvalue weighted by Crippen LogP contribution is -2.50. The molecule has 19 heavy (non-hydrogen) atoms. The minimum absolute atomic E-state index is 0.134. The van der Waals surface area contributed by atoms with E-state index >= 15 is 0 Å². The third-order valence-corrected chi connectivity index (χ3v) is 3.41. The Balaban J connectivity index is 2.50. The zero-order chi connectivity index (χ0) is 14.6. The lowest BCUT2D eigenvalue weighted by Gasteiger charge is -2.31. The summed E-state index contributed by atoms with van der Waals surface area (Å²) >= 11 is 0. The highest BCUT2D eigenvalue weighted by Crippen LogP contribution is 2.17. The van der Waals surface area contributed by atoms with Crippen molar-refractivity contribution in [3.8, 4) is 0 Å². The number of urea groups is 1. The Morgan fingerprint density at radius 2 is 2.05 bits per heavy atom. The van der Waals surface area contributed by atoms with E-state index in [0.29, 0.717) is 19.4 Å². The number of nitrogens with zero attached hydrogens (tertiary/aromatic N) is 1. The van der Waals surface area contributed by atoms with Gasteiger partial charge in [-0.1, -0.05) is 0 Å². The number of primary amides is 1. The number of aliphatic carboxylic acids is 1. The molecule has 0 aromatic heterocycles. The molecule has 1 rings (SSSR count). The maximum absolute atomic E-state index is 11.9. The Bertz CT molecular complexity index is 381. The van der Waals surface area contributed by atoms with Gasteiger partial charge in [0.05, 0.1) is 11.3 Å². The van der Waals surface area contributed by atoms with E-state index in [1.165, 1.54) is 4.90 Å². The number of carbonyl (C=O) groups excluding carboxylic acids is 2. The zero-order valence-electron chi connectivity index (χ0n) is 11.3. The molecule has 0 aliphatic carbocycles. The normalized spacial score (nSPS) is 19.9. The highest BCUT2D eigenvalue weighted by atomic mass is 16.4. The van der Waals surface area contributed by atoms with Gasteiger partial charge in [-0.05, 0) is 26.7 Å². The molecular formula is C12H21N3O4. The largest absolute Gasteiger partial charge is 0.481 e. The Labute approximate surface area is 112 Å². The highest BCUT2D eigenvalue weighted by molar-refractivity contribution is 5.82. The maximum Gasteiger partial charge on any atom is 0.317 e. The average Bonchev–Trinajstić information content (AvgIpc) is 2.36. The smallest absolute Gasteiger partial charge is 0.317 e. The Hall–Kier alpha value is -1.79. The molecule has 1 aliphatic rings. The molecule has 0 spiro atoms. The van der Waals surface area contributed by atoms with Gasteiger partial charge >= 0.3 is 12.0 Å². The summed E-state index contributed by atoms with van der Waals surface area (Å²) < 4.78 is 0. The van der Waals surface area contributed by atoms with Gasteiger partial charge in [0, 0.05) is 19.6 Å². The second-order valence-corrected chi connectivity index (χ2v) is 5.53. The molecule has 0 bridgehead atoms. The van der Waals surface area contributed by atoms with Gasteiger partial charge in [-0.25, -0.2) is 4.79 Å².